The minimum atomic E-state index is -0.00718. The Labute approximate surface area is 80.3 Å². The summed E-state index contributed by atoms with van der Waals surface area (Å²) in [6, 6.07) is 0. The molecule has 1 N–H and O–H groups in total. The van der Waals surface area contributed by atoms with Gasteiger partial charge in [0.05, 0.1) is 6.10 Å². The summed E-state index contributed by atoms with van der Waals surface area (Å²) >= 11 is 0. The van der Waals surface area contributed by atoms with Crippen LogP contribution in [0.15, 0.2) is 0 Å². The number of methoxy groups -OCH3 is 1. The van der Waals surface area contributed by atoms with Gasteiger partial charge in [-0.3, -0.25) is 0 Å². The zero-order chi connectivity index (χ0) is 9.26. The number of aliphatic hydroxyl groups excluding tert-OH is 1. The van der Waals surface area contributed by atoms with Crippen LogP contribution in [0.1, 0.15) is 32.1 Å². The fraction of sp³-hybridized carbons (Fsp3) is 1.00. The first-order valence-electron chi connectivity index (χ1n) is 5.45. The van der Waals surface area contributed by atoms with Crippen LogP contribution in [0.2, 0.25) is 0 Å². The van der Waals surface area contributed by atoms with Crippen LogP contribution in [0.3, 0.4) is 0 Å². The average Bonchev–Trinajstić information content (AvgIpc) is 2.01. The molecule has 13 heavy (non-hydrogen) atoms. The Hall–Kier alpha value is -0.0800. The van der Waals surface area contributed by atoms with Crippen LogP contribution < -0.4 is 0 Å². The number of hydrogen-bond donors (Lipinski definition) is 1. The van der Waals surface area contributed by atoms with Crippen LogP contribution >= 0.6 is 0 Å². The van der Waals surface area contributed by atoms with E-state index in [0.29, 0.717) is 0 Å². The third kappa shape index (κ3) is 2.23. The van der Waals surface area contributed by atoms with E-state index in [1.807, 2.05) is 0 Å². The summed E-state index contributed by atoms with van der Waals surface area (Å²) in [5.41, 5.74) is 0. The lowest BCUT2D eigenvalue weighted by molar-refractivity contribution is 0.00821. The molecule has 0 aliphatic heterocycles. The first-order chi connectivity index (χ1) is 6.28. The number of fused-ring (bicyclic) bond motifs is 2. The molecule has 0 aromatic carbocycles. The summed E-state index contributed by atoms with van der Waals surface area (Å²) in [6.07, 6.45) is 5.99. The van der Waals surface area contributed by atoms with Crippen LogP contribution in [0.4, 0.5) is 0 Å². The lowest BCUT2D eigenvalue weighted by Gasteiger charge is -2.40. The summed E-state index contributed by atoms with van der Waals surface area (Å²) in [5, 5.41) is 9.60. The van der Waals surface area contributed by atoms with Crippen LogP contribution in [0.5, 0.6) is 0 Å². The van der Waals surface area contributed by atoms with Crippen molar-refractivity contribution in [3.63, 3.8) is 0 Å². The quantitative estimate of drug-likeness (QED) is 0.709. The summed E-state index contributed by atoms with van der Waals surface area (Å²) in [6.45, 7) is 0.920. The Balaban J connectivity index is 1.90. The minimum Gasteiger partial charge on any atom is -0.393 e. The number of aliphatic hydroxyl groups is 1. The molecule has 2 saturated carbocycles. The Morgan fingerprint density at radius 1 is 1.08 bits per heavy atom. The normalized spacial score (nSPS) is 44.8. The average molecular weight is 184 g/mol. The van der Waals surface area contributed by atoms with Crippen LogP contribution in [0.25, 0.3) is 0 Å². The molecular weight excluding hydrogens is 164 g/mol. The Bertz CT molecular complexity index is 151. The van der Waals surface area contributed by atoms with Gasteiger partial charge in [-0.1, -0.05) is 0 Å². The molecule has 2 rings (SSSR count). The van der Waals surface area contributed by atoms with Crippen molar-refractivity contribution in [1.82, 2.24) is 0 Å². The van der Waals surface area contributed by atoms with E-state index >= 15 is 0 Å². The fourth-order valence-electron chi connectivity index (χ4n) is 3.33. The van der Waals surface area contributed by atoms with Crippen molar-refractivity contribution < 1.29 is 9.84 Å². The van der Waals surface area contributed by atoms with E-state index in [1.54, 1.807) is 7.11 Å². The van der Waals surface area contributed by atoms with Gasteiger partial charge in [0, 0.05) is 13.7 Å². The van der Waals surface area contributed by atoms with E-state index in [1.165, 1.54) is 19.3 Å². The van der Waals surface area contributed by atoms with E-state index in [0.717, 1.165) is 37.2 Å². The van der Waals surface area contributed by atoms with E-state index in [4.69, 9.17) is 4.74 Å². The Morgan fingerprint density at radius 3 is 2.23 bits per heavy atom. The zero-order valence-corrected chi connectivity index (χ0v) is 8.41. The Kier molecular flexibility index (Phi) is 2.89. The second-order valence-electron chi connectivity index (χ2n) is 4.89. The van der Waals surface area contributed by atoms with Gasteiger partial charge >= 0.3 is 0 Å². The van der Waals surface area contributed by atoms with E-state index in [2.05, 4.69) is 0 Å². The second-order valence-corrected chi connectivity index (χ2v) is 4.89. The molecule has 0 aromatic rings. The predicted molar refractivity (Wildman–Crippen MR) is 51.4 cm³/mol. The molecule has 0 radical (unpaired) electrons. The smallest absolute Gasteiger partial charge is 0.0545 e. The molecule has 2 nitrogen and oxygen atoms in total. The molecule has 2 heteroatoms. The van der Waals surface area contributed by atoms with Crippen molar-refractivity contribution in [3.8, 4) is 0 Å². The van der Waals surface area contributed by atoms with Crippen molar-refractivity contribution >= 4 is 0 Å². The molecule has 0 spiro atoms. The maximum absolute atomic E-state index is 9.60. The Morgan fingerprint density at radius 2 is 1.69 bits per heavy atom. The summed E-state index contributed by atoms with van der Waals surface area (Å²) < 4.78 is 5.21. The molecule has 2 aliphatic rings. The maximum Gasteiger partial charge on any atom is 0.0545 e. The van der Waals surface area contributed by atoms with Crippen molar-refractivity contribution in [1.29, 1.82) is 0 Å². The van der Waals surface area contributed by atoms with Gasteiger partial charge in [0.15, 0.2) is 0 Å². The largest absolute Gasteiger partial charge is 0.393 e. The molecule has 2 fully saturated rings. The van der Waals surface area contributed by atoms with Crippen LogP contribution in [0, 0.1) is 17.8 Å². The van der Waals surface area contributed by atoms with Crippen molar-refractivity contribution in [2.75, 3.05) is 13.7 Å². The molecule has 0 aromatic heterocycles. The van der Waals surface area contributed by atoms with Gasteiger partial charge in [-0.2, -0.15) is 0 Å². The highest BCUT2D eigenvalue weighted by Crippen LogP contribution is 2.42. The maximum atomic E-state index is 9.60. The zero-order valence-electron chi connectivity index (χ0n) is 8.41. The minimum absolute atomic E-state index is 0.00718. The summed E-state index contributed by atoms with van der Waals surface area (Å²) in [7, 11) is 1.79. The lowest BCUT2D eigenvalue weighted by atomic mass is 9.67. The molecule has 0 amide bonds. The predicted octanol–water partition coefficient (Wildman–Crippen LogP) is 1.82. The molecular formula is C11H20O2. The third-order valence-corrected chi connectivity index (χ3v) is 3.61. The molecule has 2 aliphatic carbocycles. The van der Waals surface area contributed by atoms with Crippen molar-refractivity contribution in [2.24, 2.45) is 17.8 Å². The molecule has 0 saturated heterocycles. The van der Waals surface area contributed by atoms with Gasteiger partial charge in [-0.15, -0.1) is 0 Å². The molecule has 2 atom stereocenters. The standard InChI is InChI=1S/C11H20O2/c1-13-7-10-3-8-2-9(4-10)6-11(12)5-8/h8-12H,2-7H2,1H3. The van der Waals surface area contributed by atoms with Crippen molar-refractivity contribution in [3.05, 3.63) is 0 Å². The van der Waals surface area contributed by atoms with E-state index < -0.39 is 0 Å². The van der Waals surface area contributed by atoms with Crippen LogP contribution in [-0.4, -0.2) is 24.9 Å². The highest BCUT2D eigenvalue weighted by molar-refractivity contribution is 4.86. The van der Waals surface area contributed by atoms with Crippen LogP contribution in [-0.2, 0) is 4.74 Å². The van der Waals surface area contributed by atoms with E-state index in [9.17, 15) is 5.11 Å². The van der Waals surface area contributed by atoms with E-state index in [-0.39, 0.29) is 6.10 Å². The third-order valence-electron chi connectivity index (χ3n) is 3.61. The SMILES string of the molecule is COCC1CC2CC(O)CC(C1)C2. The highest BCUT2D eigenvalue weighted by Gasteiger charge is 2.35. The first-order valence-corrected chi connectivity index (χ1v) is 5.45. The van der Waals surface area contributed by atoms with Gasteiger partial charge in [0.1, 0.15) is 0 Å². The van der Waals surface area contributed by atoms with Gasteiger partial charge in [-0.25, -0.2) is 0 Å². The van der Waals surface area contributed by atoms with Gasteiger partial charge in [0.25, 0.3) is 0 Å². The van der Waals surface area contributed by atoms with Crippen molar-refractivity contribution in [2.45, 2.75) is 38.2 Å². The molecule has 2 bridgehead atoms. The molecule has 0 heterocycles. The first kappa shape index (κ1) is 9.47. The number of rotatable bonds is 2. The number of ether oxygens (including phenoxy) is 1. The van der Waals surface area contributed by atoms with Gasteiger partial charge < -0.3 is 9.84 Å². The fourth-order valence-corrected chi connectivity index (χ4v) is 3.33. The topological polar surface area (TPSA) is 29.5 Å². The highest BCUT2D eigenvalue weighted by atomic mass is 16.5. The number of hydrogen-bond acceptors (Lipinski definition) is 2. The molecule has 2 unspecified atom stereocenters. The summed E-state index contributed by atoms with van der Waals surface area (Å²) in [4.78, 5) is 0. The monoisotopic (exact) mass is 184 g/mol. The second kappa shape index (κ2) is 3.97. The summed E-state index contributed by atoms with van der Waals surface area (Å²) in [5.74, 6) is 2.33. The lowest BCUT2D eigenvalue weighted by Crippen LogP contribution is -2.34. The van der Waals surface area contributed by atoms with Gasteiger partial charge in [0.2, 0.25) is 0 Å². The van der Waals surface area contributed by atoms with Gasteiger partial charge in [-0.05, 0) is 49.9 Å². The molecule has 76 valence electrons.